The normalized spacial score (nSPS) is 11.0. The Morgan fingerprint density at radius 1 is 1.32 bits per heavy atom. The number of fused-ring (bicyclic) bond motifs is 1. The minimum atomic E-state index is -0.381. The Balaban J connectivity index is 1.90. The molecule has 0 aromatic carbocycles. The highest BCUT2D eigenvalue weighted by molar-refractivity contribution is 7.18. The Bertz CT molecular complexity index is 808. The highest BCUT2D eigenvalue weighted by Crippen LogP contribution is 2.27. The van der Waals surface area contributed by atoms with Crippen LogP contribution in [0.15, 0.2) is 18.3 Å². The molecule has 0 aliphatic heterocycles. The average molecular weight is 339 g/mol. The van der Waals surface area contributed by atoms with Crippen LogP contribution in [0, 0.1) is 5.82 Å². The highest BCUT2D eigenvalue weighted by Gasteiger charge is 2.13. The van der Waals surface area contributed by atoms with Crippen molar-refractivity contribution in [1.82, 2.24) is 19.9 Å². The molecule has 0 aliphatic rings. The molecule has 0 bridgehead atoms. The van der Waals surface area contributed by atoms with E-state index in [9.17, 15) is 4.39 Å². The Labute approximate surface area is 134 Å². The molecule has 114 valence electrons. The highest BCUT2D eigenvalue weighted by atomic mass is 35.5. The lowest BCUT2D eigenvalue weighted by Gasteiger charge is -2.06. The largest absolute Gasteiger partial charge is 0.362 e. The van der Waals surface area contributed by atoms with Gasteiger partial charge in [-0.2, -0.15) is 4.98 Å². The maximum atomic E-state index is 13.6. The first-order chi connectivity index (χ1) is 10.7. The Hall–Kier alpha value is -1.90. The third-order valence-electron chi connectivity index (χ3n) is 2.89. The number of aromatic nitrogens is 4. The van der Waals surface area contributed by atoms with E-state index in [1.54, 1.807) is 0 Å². The van der Waals surface area contributed by atoms with Crippen molar-refractivity contribution in [3.63, 3.8) is 0 Å². The molecule has 22 heavy (non-hydrogen) atoms. The fourth-order valence-corrected chi connectivity index (χ4v) is 3.08. The van der Waals surface area contributed by atoms with Crippen molar-refractivity contribution in [2.24, 2.45) is 5.73 Å². The maximum absolute atomic E-state index is 13.6. The second kappa shape index (κ2) is 6.47. The van der Waals surface area contributed by atoms with Crippen LogP contribution in [-0.4, -0.2) is 26.5 Å². The predicted molar refractivity (Wildman–Crippen MR) is 84.5 cm³/mol. The third-order valence-corrected chi connectivity index (χ3v) is 4.07. The van der Waals surface area contributed by atoms with Gasteiger partial charge in [-0.3, -0.25) is 4.98 Å². The molecule has 3 rings (SSSR count). The van der Waals surface area contributed by atoms with Gasteiger partial charge in [0, 0.05) is 12.6 Å². The molecule has 0 atom stereocenters. The van der Waals surface area contributed by atoms with E-state index in [-0.39, 0.29) is 17.6 Å². The van der Waals surface area contributed by atoms with E-state index in [2.05, 4.69) is 25.3 Å². The lowest BCUT2D eigenvalue weighted by atomic mass is 10.3. The Morgan fingerprint density at radius 3 is 2.95 bits per heavy atom. The molecular weight excluding hydrogens is 327 g/mol. The van der Waals surface area contributed by atoms with Crippen molar-refractivity contribution in [1.29, 1.82) is 0 Å². The molecule has 3 aromatic rings. The summed E-state index contributed by atoms with van der Waals surface area (Å²) in [5, 5.41) is 3.99. The smallest absolute Gasteiger partial charge is 0.225 e. The van der Waals surface area contributed by atoms with E-state index >= 15 is 0 Å². The van der Waals surface area contributed by atoms with Gasteiger partial charge in [-0.1, -0.05) is 11.3 Å². The van der Waals surface area contributed by atoms with E-state index in [1.807, 2.05) is 0 Å². The summed E-state index contributed by atoms with van der Waals surface area (Å²) in [6.45, 7) is 0.682. The van der Waals surface area contributed by atoms with Gasteiger partial charge in [0.1, 0.15) is 11.3 Å². The molecule has 6 nitrogen and oxygen atoms in total. The summed E-state index contributed by atoms with van der Waals surface area (Å²) >= 11 is 7.34. The number of nitrogens with zero attached hydrogens (tertiary/aromatic N) is 4. The van der Waals surface area contributed by atoms with Crippen LogP contribution in [0.2, 0.25) is 5.28 Å². The SMILES string of the molecule is NCCc1nc2c(NCc3ncccc3F)nc(Cl)nc2s1. The first-order valence-electron chi connectivity index (χ1n) is 6.53. The molecule has 0 aliphatic carbocycles. The summed E-state index contributed by atoms with van der Waals surface area (Å²) in [6.07, 6.45) is 2.19. The van der Waals surface area contributed by atoms with Crippen molar-refractivity contribution in [2.75, 3.05) is 11.9 Å². The zero-order chi connectivity index (χ0) is 15.5. The van der Waals surface area contributed by atoms with Gasteiger partial charge in [0.25, 0.3) is 0 Å². The first-order valence-corrected chi connectivity index (χ1v) is 7.73. The van der Waals surface area contributed by atoms with Crippen molar-refractivity contribution in [2.45, 2.75) is 13.0 Å². The Kier molecular flexibility index (Phi) is 4.41. The van der Waals surface area contributed by atoms with Crippen LogP contribution in [0.4, 0.5) is 10.2 Å². The number of rotatable bonds is 5. The summed E-state index contributed by atoms with van der Waals surface area (Å²) in [5.74, 6) is 0.0769. The number of halogens is 2. The molecule has 0 unspecified atom stereocenters. The van der Waals surface area contributed by atoms with Gasteiger partial charge in [0.05, 0.1) is 17.2 Å². The van der Waals surface area contributed by atoms with Gasteiger partial charge in [-0.25, -0.2) is 14.4 Å². The number of hydrogen-bond donors (Lipinski definition) is 2. The standard InChI is InChI=1S/C13H12ClFN6S/c14-13-20-11(18-6-8-7(15)2-1-5-17-8)10-12(21-13)22-9(19-10)3-4-16/h1-2,5H,3-4,6,16H2,(H,18,20,21). The molecule has 0 fully saturated rings. The average Bonchev–Trinajstić information content (AvgIpc) is 2.89. The second-order valence-corrected chi connectivity index (χ2v) is 5.83. The summed E-state index contributed by atoms with van der Waals surface area (Å²) in [5.41, 5.74) is 6.44. The molecule has 0 spiro atoms. The number of pyridine rings is 1. The molecule has 0 saturated heterocycles. The zero-order valence-electron chi connectivity index (χ0n) is 11.4. The van der Waals surface area contributed by atoms with Gasteiger partial charge < -0.3 is 11.1 Å². The van der Waals surface area contributed by atoms with E-state index in [4.69, 9.17) is 17.3 Å². The third kappa shape index (κ3) is 3.13. The number of anilines is 1. The minimum Gasteiger partial charge on any atom is -0.362 e. The van der Waals surface area contributed by atoms with Gasteiger partial charge >= 0.3 is 0 Å². The summed E-state index contributed by atoms with van der Waals surface area (Å²) in [4.78, 5) is 17.4. The van der Waals surface area contributed by atoms with Crippen molar-refractivity contribution < 1.29 is 4.39 Å². The Morgan fingerprint density at radius 2 is 2.18 bits per heavy atom. The first kappa shape index (κ1) is 15.0. The molecule has 3 N–H and O–H groups in total. The fourth-order valence-electron chi connectivity index (χ4n) is 1.91. The molecule has 0 saturated carbocycles. The van der Waals surface area contributed by atoms with Gasteiger partial charge in [0.2, 0.25) is 5.28 Å². The molecule has 3 heterocycles. The van der Waals surface area contributed by atoms with Crippen molar-refractivity contribution >= 4 is 39.1 Å². The molecule has 9 heteroatoms. The van der Waals surface area contributed by atoms with Crippen LogP contribution in [0.5, 0.6) is 0 Å². The molecule has 3 aromatic heterocycles. The van der Waals surface area contributed by atoms with Gasteiger partial charge in [-0.15, -0.1) is 0 Å². The van der Waals surface area contributed by atoms with E-state index in [1.165, 1.54) is 29.7 Å². The summed E-state index contributed by atoms with van der Waals surface area (Å²) < 4.78 is 13.6. The minimum absolute atomic E-state index is 0.111. The number of thiazole rings is 1. The topological polar surface area (TPSA) is 89.6 Å². The van der Waals surface area contributed by atoms with Crippen LogP contribution in [0.3, 0.4) is 0 Å². The summed E-state index contributed by atoms with van der Waals surface area (Å²) in [6, 6.07) is 2.90. The lowest BCUT2D eigenvalue weighted by molar-refractivity contribution is 0.602. The van der Waals surface area contributed by atoms with Crippen molar-refractivity contribution in [3.8, 4) is 0 Å². The van der Waals surface area contributed by atoms with Gasteiger partial charge in [0.15, 0.2) is 10.6 Å². The second-order valence-electron chi connectivity index (χ2n) is 4.43. The summed E-state index contributed by atoms with van der Waals surface area (Å²) in [7, 11) is 0. The van der Waals surface area contributed by atoms with Crippen LogP contribution in [0.1, 0.15) is 10.7 Å². The van der Waals surface area contributed by atoms with E-state index < -0.39 is 0 Å². The van der Waals surface area contributed by atoms with Gasteiger partial charge in [-0.05, 0) is 30.3 Å². The van der Waals surface area contributed by atoms with Crippen LogP contribution in [0.25, 0.3) is 10.3 Å². The van der Waals surface area contributed by atoms with E-state index in [0.717, 1.165) is 5.01 Å². The van der Waals surface area contributed by atoms with Crippen LogP contribution < -0.4 is 11.1 Å². The van der Waals surface area contributed by atoms with Crippen LogP contribution in [-0.2, 0) is 13.0 Å². The molecule has 0 amide bonds. The van der Waals surface area contributed by atoms with Crippen molar-refractivity contribution in [3.05, 3.63) is 40.1 Å². The number of nitrogens with one attached hydrogen (secondary N) is 1. The number of nitrogens with two attached hydrogens (primary N) is 1. The quantitative estimate of drug-likeness (QED) is 0.694. The van der Waals surface area contributed by atoms with E-state index in [0.29, 0.717) is 34.8 Å². The molecule has 0 radical (unpaired) electrons. The lowest BCUT2D eigenvalue weighted by Crippen LogP contribution is -2.06. The monoisotopic (exact) mass is 338 g/mol. The predicted octanol–water partition coefficient (Wildman–Crippen LogP) is 2.39. The molecular formula is C13H12ClFN6S. The maximum Gasteiger partial charge on any atom is 0.225 e. The van der Waals surface area contributed by atoms with Crippen LogP contribution >= 0.6 is 22.9 Å². The zero-order valence-corrected chi connectivity index (χ0v) is 13.0. The fraction of sp³-hybridized carbons (Fsp3) is 0.231. The number of hydrogen-bond acceptors (Lipinski definition) is 7.